The highest BCUT2D eigenvalue weighted by Gasteiger charge is 2.37. The molecular weight excluding hydrogens is 312 g/mol. The van der Waals surface area contributed by atoms with E-state index in [1.807, 2.05) is 0 Å². The molecule has 0 radical (unpaired) electrons. The lowest BCUT2D eigenvalue weighted by Crippen LogP contribution is -2.54. The van der Waals surface area contributed by atoms with Crippen molar-refractivity contribution in [3.8, 4) is 0 Å². The maximum atomic E-state index is 13.3. The lowest BCUT2D eigenvalue weighted by Gasteiger charge is -2.34. The zero-order chi connectivity index (χ0) is 17.8. The van der Waals surface area contributed by atoms with Crippen LogP contribution in [0.3, 0.4) is 0 Å². The molecule has 1 N–H and O–H groups in total. The molecule has 4 nitrogen and oxygen atoms in total. The van der Waals surface area contributed by atoms with Crippen molar-refractivity contribution in [2.24, 2.45) is 5.92 Å². The van der Waals surface area contributed by atoms with Crippen molar-refractivity contribution in [2.45, 2.75) is 64.1 Å². The number of hydrogen-bond donors (Lipinski definition) is 1. The topological polar surface area (TPSA) is 41.6 Å². The second-order valence-corrected chi connectivity index (χ2v) is 7.96. The first kappa shape index (κ1) is 18.4. The number of carbonyl (C=O) groups excluding carboxylic acids is 1. The van der Waals surface area contributed by atoms with E-state index in [-0.39, 0.29) is 11.9 Å². The summed E-state index contributed by atoms with van der Waals surface area (Å²) in [7, 11) is 0. The van der Waals surface area contributed by atoms with E-state index >= 15 is 0 Å². The van der Waals surface area contributed by atoms with Crippen LogP contribution in [0.1, 0.15) is 51.5 Å². The Kier molecular flexibility index (Phi) is 6.13. The van der Waals surface area contributed by atoms with Gasteiger partial charge in [-0.2, -0.15) is 0 Å². The van der Waals surface area contributed by atoms with Crippen LogP contribution in [0.4, 0.5) is 0 Å². The first-order valence-electron chi connectivity index (χ1n) is 9.75. The predicted molar refractivity (Wildman–Crippen MR) is 101 cm³/mol. The number of amides is 1. The summed E-state index contributed by atoms with van der Waals surface area (Å²) in [5, 5.41) is 3.64. The fourth-order valence-corrected chi connectivity index (χ4v) is 4.15. The number of rotatable bonds is 5. The second-order valence-electron chi connectivity index (χ2n) is 7.96. The number of carbonyl (C=O) groups is 1. The molecule has 0 aliphatic carbocycles. The molecule has 2 aliphatic rings. The summed E-state index contributed by atoms with van der Waals surface area (Å²) in [5.74, 6) is 1.02. The van der Waals surface area contributed by atoms with Crippen molar-refractivity contribution in [1.29, 1.82) is 0 Å². The largest absolute Gasteiger partial charge is 0.381 e. The summed E-state index contributed by atoms with van der Waals surface area (Å²) in [4.78, 5) is 15.4. The minimum Gasteiger partial charge on any atom is -0.381 e. The molecule has 2 fully saturated rings. The van der Waals surface area contributed by atoms with Crippen molar-refractivity contribution in [2.75, 3.05) is 19.8 Å². The highest BCUT2D eigenvalue weighted by molar-refractivity contribution is 5.83. The number of nitrogens with zero attached hydrogens (tertiary/aromatic N) is 1. The highest BCUT2D eigenvalue weighted by Crippen LogP contribution is 2.32. The smallest absolute Gasteiger partial charge is 0.240 e. The number of likely N-dealkylation sites (tertiary alicyclic amines) is 1. The third-order valence-corrected chi connectivity index (χ3v) is 5.70. The summed E-state index contributed by atoms with van der Waals surface area (Å²) in [6.45, 7) is 8.91. The van der Waals surface area contributed by atoms with Crippen LogP contribution in [-0.4, -0.2) is 48.7 Å². The standard InChI is InChI=1S/C21H32N2O2/c1-15(2)20(22-19-9-11-25-12-10-19)21(24)23-14-18(13-16(23)3)17-7-5-4-6-8-17/h4-8,15-16,18-20,22H,9-14H2,1-3H3/t16-,18+,20-/m0/s1. The molecule has 0 unspecified atom stereocenters. The van der Waals surface area contributed by atoms with Gasteiger partial charge in [-0.1, -0.05) is 44.2 Å². The van der Waals surface area contributed by atoms with Crippen molar-refractivity contribution in [3.05, 3.63) is 35.9 Å². The molecule has 0 saturated carbocycles. The van der Waals surface area contributed by atoms with E-state index in [0.717, 1.165) is 39.0 Å². The first-order chi connectivity index (χ1) is 12.1. The van der Waals surface area contributed by atoms with Gasteiger partial charge in [0.05, 0.1) is 6.04 Å². The minimum absolute atomic E-state index is 0.0972. The van der Waals surface area contributed by atoms with Gasteiger partial charge in [-0.05, 0) is 37.7 Å². The van der Waals surface area contributed by atoms with Crippen LogP contribution in [0.15, 0.2) is 30.3 Å². The summed E-state index contributed by atoms with van der Waals surface area (Å²) >= 11 is 0. The number of benzene rings is 1. The lowest BCUT2D eigenvalue weighted by molar-refractivity contribution is -0.135. The van der Waals surface area contributed by atoms with Crippen molar-refractivity contribution >= 4 is 5.91 Å². The van der Waals surface area contributed by atoms with Crippen LogP contribution in [0.25, 0.3) is 0 Å². The fraction of sp³-hybridized carbons (Fsp3) is 0.667. The Bertz CT molecular complexity index is 554. The van der Waals surface area contributed by atoms with Gasteiger partial charge in [0, 0.05) is 37.8 Å². The van der Waals surface area contributed by atoms with Gasteiger partial charge in [-0.15, -0.1) is 0 Å². The second kappa shape index (κ2) is 8.33. The Hall–Kier alpha value is -1.39. The average Bonchev–Trinajstić information content (AvgIpc) is 3.02. The molecule has 25 heavy (non-hydrogen) atoms. The molecule has 138 valence electrons. The molecule has 0 aromatic heterocycles. The van der Waals surface area contributed by atoms with Crippen LogP contribution < -0.4 is 5.32 Å². The molecular formula is C21H32N2O2. The van der Waals surface area contributed by atoms with Gasteiger partial charge >= 0.3 is 0 Å². The molecule has 2 heterocycles. The van der Waals surface area contributed by atoms with E-state index in [1.54, 1.807) is 0 Å². The van der Waals surface area contributed by atoms with Gasteiger partial charge in [-0.3, -0.25) is 4.79 Å². The van der Waals surface area contributed by atoms with E-state index in [1.165, 1.54) is 5.56 Å². The van der Waals surface area contributed by atoms with Crippen molar-refractivity contribution in [1.82, 2.24) is 10.2 Å². The molecule has 0 bridgehead atoms. The zero-order valence-electron chi connectivity index (χ0n) is 15.8. The fourth-order valence-electron chi connectivity index (χ4n) is 4.15. The molecule has 2 saturated heterocycles. The average molecular weight is 344 g/mol. The van der Waals surface area contributed by atoms with Crippen molar-refractivity contribution in [3.63, 3.8) is 0 Å². The quantitative estimate of drug-likeness (QED) is 0.892. The zero-order valence-corrected chi connectivity index (χ0v) is 15.8. The Morgan fingerprint density at radius 1 is 1.20 bits per heavy atom. The van der Waals surface area contributed by atoms with E-state index < -0.39 is 0 Å². The van der Waals surface area contributed by atoms with Gasteiger partial charge in [0.15, 0.2) is 0 Å². The SMILES string of the molecule is CC(C)[C@H](NC1CCOCC1)C(=O)N1C[C@H](c2ccccc2)C[C@@H]1C. The van der Waals surface area contributed by atoms with E-state index in [9.17, 15) is 4.79 Å². The predicted octanol–water partition coefficient (Wildman–Crippen LogP) is 3.18. The number of nitrogens with one attached hydrogen (secondary N) is 1. The van der Waals surface area contributed by atoms with Gasteiger partial charge < -0.3 is 15.0 Å². The molecule has 1 aromatic rings. The van der Waals surface area contributed by atoms with Crippen molar-refractivity contribution < 1.29 is 9.53 Å². The summed E-state index contributed by atoms with van der Waals surface area (Å²) in [6.07, 6.45) is 3.05. The number of ether oxygens (including phenoxy) is 1. The highest BCUT2D eigenvalue weighted by atomic mass is 16.5. The van der Waals surface area contributed by atoms with Crippen LogP contribution in [0.2, 0.25) is 0 Å². The maximum absolute atomic E-state index is 13.3. The Labute approximate surface area is 151 Å². The summed E-state index contributed by atoms with van der Waals surface area (Å²) < 4.78 is 5.45. The Balaban J connectivity index is 1.66. The molecule has 3 atom stereocenters. The first-order valence-corrected chi connectivity index (χ1v) is 9.75. The molecule has 1 amide bonds. The van der Waals surface area contributed by atoms with Gasteiger partial charge in [0.1, 0.15) is 0 Å². The number of hydrogen-bond acceptors (Lipinski definition) is 3. The molecule has 4 heteroatoms. The van der Waals surface area contributed by atoms with Crippen LogP contribution >= 0.6 is 0 Å². The van der Waals surface area contributed by atoms with E-state index in [4.69, 9.17) is 4.74 Å². The molecule has 0 spiro atoms. The van der Waals surface area contributed by atoms with Crippen LogP contribution in [0.5, 0.6) is 0 Å². The van der Waals surface area contributed by atoms with Gasteiger partial charge in [-0.25, -0.2) is 0 Å². The Morgan fingerprint density at radius 2 is 1.88 bits per heavy atom. The third-order valence-electron chi connectivity index (χ3n) is 5.70. The summed E-state index contributed by atoms with van der Waals surface area (Å²) in [6, 6.07) is 11.2. The Morgan fingerprint density at radius 3 is 2.52 bits per heavy atom. The molecule has 2 aliphatic heterocycles. The normalized spacial score (nSPS) is 26.2. The minimum atomic E-state index is -0.0972. The molecule has 3 rings (SSSR count). The lowest BCUT2D eigenvalue weighted by atomic mass is 9.97. The van der Waals surface area contributed by atoms with Gasteiger partial charge in [0.2, 0.25) is 5.91 Å². The molecule has 1 aromatic carbocycles. The van der Waals surface area contributed by atoms with Crippen LogP contribution in [-0.2, 0) is 9.53 Å². The van der Waals surface area contributed by atoms with Gasteiger partial charge in [0.25, 0.3) is 0 Å². The van der Waals surface area contributed by atoms with E-state index in [0.29, 0.717) is 23.9 Å². The third kappa shape index (κ3) is 4.42. The van der Waals surface area contributed by atoms with Crippen LogP contribution in [0, 0.1) is 5.92 Å². The monoisotopic (exact) mass is 344 g/mol. The maximum Gasteiger partial charge on any atom is 0.240 e. The summed E-state index contributed by atoms with van der Waals surface area (Å²) in [5.41, 5.74) is 1.35. The van der Waals surface area contributed by atoms with E-state index in [2.05, 4.69) is 61.3 Å².